The lowest BCUT2D eigenvalue weighted by Crippen LogP contribution is -1.91. The maximum atomic E-state index is 5.99. The van der Waals surface area contributed by atoms with Crippen LogP contribution in [-0.2, 0) is 18.7 Å². The Balaban J connectivity index is 1.90. The summed E-state index contributed by atoms with van der Waals surface area (Å²) < 4.78 is 6.99. The normalized spacial score (nSPS) is 13.4. The van der Waals surface area contributed by atoms with Gasteiger partial charge in [0.1, 0.15) is 11.5 Å². The molecule has 0 amide bonds. The number of alkyl halides is 1. The summed E-state index contributed by atoms with van der Waals surface area (Å²) in [7, 11) is 0. The number of ether oxygens (including phenoxy) is 1. The van der Waals surface area contributed by atoms with E-state index < -0.39 is 0 Å². The molecule has 19 heavy (non-hydrogen) atoms. The molecule has 0 aromatic heterocycles. The van der Waals surface area contributed by atoms with Crippen LogP contribution in [0, 0.1) is 0 Å². The summed E-state index contributed by atoms with van der Waals surface area (Å²) in [5.74, 6) is 2.17. The Hall–Kier alpha value is -0.990. The third-order valence-electron chi connectivity index (χ3n) is 3.47. The minimum absolute atomic E-state index is 0.452. The monoisotopic (exact) mass is 336 g/mol. The van der Waals surface area contributed by atoms with Crippen molar-refractivity contribution in [3.8, 4) is 11.5 Å². The highest BCUT2D eigenvalue weighted by Crippen LogP contribution is 2.32. The largest absolute Gasteiger partial charge is 0.457 e. The van der Waals surface area contributed by atoms with Gasteiger partial charge in [-0.25, -0.2) is 0 Å². The lowest BCUT2D eigenvalue weighted by molar-refractivity contribution is 0.477. The van der Waals surface area contributed by atoms with Gasteiger partial charge in [0.15, 0.2) is 0 Å². The molecule has 98 valence electrons. The van der Waals surface area contributed by atoms with Crippen molar-refractivity contribution in [2.45, 2.75) is 25.1 Å². The van der Waals surface area contributed by atoms with E-state index in [0.717, 1.165) is 28.0 Å². The van der Waals surface area contributed by atoms with E-state index in [-0.39, 0.29) is 0 Å². The topological polar surface area (TPSA) is 9.23 Å². The molecule has 0 fully saturated rings. The van der Waals surface area contributed by atoms with Crippen molar-refractivity contribution in [3.05, 3.63) is 57.6 Å². The van der Waals surface area contributed by atoms with Crippen molar-refractivity contribution >= 4 is 27.5 Å². The lowest BCUT2D eigenvalue weighted by atomic mass is 10.1. The summed E-state index contributed by atoms with van der Waals surface area (Å²) in [6.07, 6.45) is 3.61. The van der Waals surface area contributed by atoms with Crippen LogP contribution in [0.4, 0.5) is 0 Å². The van der Waals surface area contributed by atoms with E-state index in [1.807, 2.05) is 24.3 Å². The van der Waals surface area contributed by atoms with Gasteiger partial charge in [-0.1, -0.05) is 28.1 Å². The molecule has 2 aromatic carbocycles. The highest BCUT2D eigenvalue weighted by atomic mass is 79.9. The molecular formula is C16H14BrClO. The van der Waals surface area contributed by atoms with Gasteiger partial charge >= 0.3 is 0 Å². The number of hydrogen-bond acceptors (Lipinski definition) is 1. The van der Waals surface area contributed by atoms with Crippen molar-refractivity contribution in [3.63, 3.8) is 0 Å². The van der Waals surface area contributed by atoms with E-state index in [4.69, 9.17) is 16.3 Å². The molecule has 3 rings (SSSR count). The van der Waals surface area contributed by atoms with Crippen LogP contribution in [0.5, 0.6) is 11.5 Å². The lowest BCUT2D eigenvalue weighted by Gasteiger charge is -2.11. The summed E-state index contributed by atoms with van der Waals surface area (Å²) in [4.78, 5) is 0. The van der Waals surface area contributed by atoms with Crippen LogP contribution in [0.25, 0.3) is 0 Å². The fraction of sp³-hybridized carbons (Fsp3) is 0.250. The molecule has 0 heterocycles. The van der Waals surface area contributed by atoms with Crippen molar-refractivity contribution in [1.82, 2.24) is 0 Å². The van der Waals surface area contributed by atoms with Gasteiger partial charge in [0.25, 0.3) is 0 Å². The SMILES string of the molecule is ClCc1ccc(Br)cc1Oc1ccc2c(c1)CCC2. The Labute approximate surface area is 126 Å². The first-order valence-electron chi connectivity index (χ1n) is 6.40. The highest BCUT2D eigenvalue weighted by Gasteiger charge is 2.12. The first kappa shape index (κ1) is 13.0. The number of aryl methyl sites for hydroxylation is 2. The molecule has 3 heteroatoms. The van der Waals surface area contributed by atoms with Crippen LogP contribution >= 0.6 is 27.5 Å². The standard InChI is InChI=1S/C16H14BrClO/c17-14-6-4-13(10-18)16(9-14)19-15-7-5-11-2-1-3-12(11)8-15/h4-9H,1-3,10H2. The molecule has 0 saturated heterocycles. The van der Waals surface area contributed by atoms with Crippen LogP contribution in [0.2, 0.25) is 0 Å². The van der Waals surface area contributed by atoms with Crippen molar-refractivity contribution in [2.75, 3.05) is 0 Å². The van der Waals surface area contributed by atoms with Crippen molar-refractivity contribution in [1.29, 1.82) is 0 Å². The Morgan fingerprint density at radius 2 is 1.89 bits per heavy atom. The van der Waals surface area contributed by atoms with Crippen LogP contribution in [0.1, 0.15) is 23.1 Å². The van der Waals surface area contributed by atoms with E-state index in [9.17, 15) is 0 Å². The van der Waals surface area contributed by atoms with Gasteiger partial charge in [-0.05, 0) is 54.7 Å². The zero-order chi connectivity index (χ0) is 13.2. The smallest absolute Gasteiger partial charge is 0.132 e. The maximum absolute atomic E-state index is 5.99. The second-order valence-electron chi connectivity index (χ2n) is 4.77. The zero-order valence-electron chi connectivity index (χ0n) is 10.5. The summed E-state index contributed by atoms with van der Waals surface area (Å²) in [5, 5.41) is 0. The summed E-state index contributed by atoms with van der Waals surface area (Å²) in [6.45, 7) is 0. The number of halogens is 2. The maximum Gasteiger partial charge on any atom is 0.132 e. The molecule has 2 aromatic rings. The van der Waals surface area contributed by atoms with Crippen LogP contribution in [-0.4, -0.2) is 0 Å². The number of hydrogen-bond donors (Lipinski definition) is 0. The molecule has 1 aliphatic rings. The molecule has 0 atom stereocenters. The van der Waals surface area contributed by atoms with Gasteiger partial charge in [0.05, 0.1) is 5.88 Å². The fourth-order valence-corrected chi connectivity index (χ4v) is 3.03. The van der Waals surface area contributed by atoms with E-state index in [2.05, 4.69) is 28.1 Å². The molecule has 1 nitrogen and oxygen atoms in total. The Bertz CT molecular complexity index is 610. The van der Waals surface area contributed by atoms with Crippen molar-refractivity contribution in [2.24, 2.45) is 0 Å². The third-order valence-corrected chi connectivity index (χ3v) is 4.25. The Kier molecular flexibility index (Phi) is 3.81. The first-order valence-corrected chi connectivity index (χ1v) is 7.73. The number of fused-ring (bicyclic) bond motifs is 1. The molecule has 0 unspecified atom stereocenters. The van der Waals surface area contributed by atoms with Gasteiger partial charge in [-0.2, -0.15) is 0 Å². The van der Waals surface area contributed by atoms with Gasteiger partial charge in [0, 0.05) is 10.0 Å². The zero-order valence-corrected chi connectivity index (χ0v) is 12.8. The Morgan fingerprint density at radius 3 is 2.74 bits per heavy atom. The molecule has 1 aliphatic carbocycles. The van der Waals surface area contributed by atoms with Crippen molar-refractivity contribution < 1.29 is 4.74 Å². The minimum atomic E-state index is 0.452. The van der Waals surface area contributed by atoms with E-state index in [1.54, 1.807) is 0 Å². The minimum Gasteiger partial charge on any atom is -0.457 e. The van der Waals surface area contributed by atoms with Crippen LogP contribution in [0.15, 0.2) is 40.9 Å². The van der Waals surface area contributed by atoms with E-state index in [0.29, 0.717) is 5.88 Å². The number of benzene rings is 2. The predicted molar refractivity (Wildman–Crippen MR) is 82.2 cm³/mol. The van der Waals surface area contributed by atoms with Gasteiger partial charge in [-0.3, -0.25) is 0 Å². The summed E-state index contributed by atoms with van der Waals surface area (Å²) in [6, 6.07) is 12.3. The van der Waals surface area contributed by atoms with Gasteiger partial charge in [0.2, 0.25) is 0 Å². The van der Waals surface area contributed by atoms with E-state index >= 15 is 0 Å². The molecule has 0 saturated carbocycles. The summed E-state index contributed by atoms with van der Waals surface area (Å²) in [5.41, 5.74) is 3.88. The molecule has 0 radical (unpaired) electrons. The second kappa shape index (κ2) is 5.56. The quantitative estimate of drug-likeness (QED) is 0.675. The predicted octanol–water partition coefficient (Wildman–Crippen LogP) is 5.47. The third kappa shape index (κ3) is 2.80. The van der Waals surface area contributed by atoms with Crippen LogP contribution < -0.4 is 4.74 Å². The highest BCUT2D eigenvalue weighted by molar-refractivity contribution is 9.10. The first-order chi connectivity index (χ1) is 9.26. The average molecular weight is 338 g/mol. The second-order valence-corrected chi connectivity index (χ2v) is 5.95. The molecule has 0 bridgehead atoms. The molecular weight excluding hydrogens is 324 g/mol. The molecule has 0 N–H and O–H groups in total. The fourth-order valence-electron chi connectivity index (χ4n) is 2.47. The van der Waals surface area contributed by atoms with Gasteiger partial charge in [-0.15, -0.1) is 11.6 Å². The van der Waals surface area contributed by atoms with E-state index in [1.165, 1.54) is 24.0 Å². The number of rotatable bonds is 3. The van der Waals surface area contributed by atoms with Gasteiger partial charge < -0.3 is 4.74 Å². The summed E-state index contributed by atoms with van der Waals surface area (Å²) >= 11 is 9.41. The van der Waals surface area contributed by atoms with Crippen LogP contribution in [0.3, 0.4) is 0 Å². The molecule has 0 spiro atoms. The average Bonchev–Trinajstić information content (AvgIpc) is 2.86. The Morgan fingerprint density at radius 1 is 1.05 bits per heavy atom. The molecule has 0 aliphatic heterocycles.